The van der Waals surface area contributed by atoms with E-state index in [1.807, 2.05) is 93.2 Å². The van der Waals surface area contributed by atoms with E-state index in [0.717, 1.165) is 53.5 Å². The van der Waals surface area contributed by atoms with Crippen LogP contribution in [0.1, 0.15) is 60.8 Å². The summed E-state index contributed by atoms with van der Waals surface area (Å²) in [4.78, 5) is 50.0. The van der Waals surface area contributed by atoms with Crippen LogP contribution in [0.3, 0.4) is 0 Å². The fourth-order valence-electron chi connectivity index (χ4n) is 7.61. The van der Waals surface area contributed by atoms with Crippen LogP contribution in [0.15, 0.2) is 85.1 Å². The molecule has 2 heterocycles. The molecule has 3 amide bonds. The Balaban J connectivity index is 1.09. The number of likely N-dealkylation sites (N-methyl/N-ethyl adjacent to an activating group) is 1. The first-order chi connectivity index (χ1) is 30.4. The van der Waals surface area contributed by atoms with E-state index < -0.39 is 16.1 Å². The van der Waals surface area contributed by atoms with Crippen LogP contribution >= 0.6 is 0 Å². The molecule has 0 atom stereocenters. The minimum absolute atomic E-state index is 0.0231. The number of piperazine rings is 1. The van der Waals surface area contributed by atoms with E-state index in [1.54, 1.807) is 43.6 Å². The minimum atomic E-state index is -3.65. The van der Waals surface area contributed by atoms with E-state index in [9.17, 15) is 22.8 Å². The van der Waals surface area contributed by atoms with Crippen molar-refractivity contribution in [3.8, 4) is 23.0 Å². The van der Waals surface area contributed by atoms with Crippen LogP contribution in [-0.4, -0.2) is 120 Å². The number of ether oxygens (including phenoxy) is 3. The molecule has 0 radical (unpaired) electrons. The van der Waals surface area contributed by atoms with Crippen molar-refractivity contribution >= 4 is 55.6 Å². The molecule has 16 heteroatoms. The summed E-state index contributed by atoms with van der Waals surface area (Å²) >= 11 is 0. The highest BCUT2D eigenvalue weighted by atomic mass is 32.2. The van der Waals surface area contributed by atoms with Gasteiger partial charge in [0.25, 0.3) is 0 Å². The highest BCUT2D eigenvalue weighted by Gasteiger charge is 2.24. The Hall–Kier alpha value is -6.23. The monoisotopic (exact) mass is 893 g/mol. The molecule has 340 valence electrons. The Morgan fingerprint density at radius 3 is 2.19 bits per heavy atom. The van der Waals surface area contributed by atoms with Crippen LogP contribution in [0.4, 0.5) is 21.9 Å². The number of amides is 3. The van der Waals surface area contributed by atoms with Gasteiger partial charge in [0.2, 0.25) is 15.9 Å². The average molecular weight is 894 g/mol. The molecule has 5 aromatic rings. The molecule has 1 aromatic heterocycles. The summed E-state index contributed by atoms with van der Waals surface area (Å²) in [5, 5.41) is 7.27. The summed E-state index contributed by atoms with van der Waals surface area (Å²) in [5.74, 6) is 1.99. The van der Waals surface area contributed by atoms with Crippen molar-refractivity contribution in [3.05, 3.63) is 107 Å². The number of ketones is 1. The first-order valence-corrected chi connectivity index (χ1v) is 23.1. The molecule has 0 unspecified atom stereocenters. The highest BCUT2D eigenvalue weighted by molar-refractivity contribution is 7.92. The van der Waals surface area contributed by atoms with Gasteiger partial charge in [-0.05, 0) is 86.1 Å². The second-order valence-electron chi connectivity index (χ2n) is 17.2. The fourth-order valence-corrected chi connectivity index (χ4v) is 8.16. The van der Waals surface area contributed by atoms with Gasteiger partial charge in [-0.25, -0.2) is 13.2 Å². The molecule has 1 fully saturated rings. The number of rotatable bonds is 17. The molecular weight excluding hydrogens is 835 g/mol. The second kappa shape index (κ2) is 20.5. The lowest BCUT2D eigenvalue weighted by atomic mass is 9.86. The van der Waals surface area contributed by atoms with Gasteiger partial charge in [0.15, 0.2) is 11.5 Å². The van der Waals surface area contributed by atoms with Crippen LogP contribution in [-0.2, 0) is 26.7 Å². The number of methoxy groups -OCH3 is 2. The van der Waals surface area contributed by atoms with Crippen LogP contribution in [0, 0.1) is 0 Å². The summed E-state index contributed by atoms with van der Waals surface area (Å²) in [6.07, 6.45) is 4.32. The molecule has 0 saturated carbocycles. The molecule has 6 rings (SSSR count). The molecule has 1 saturated heterocycles. The van der Waals surface area contributed by atoms with Crippen molar-refractivity contribution in [3.63, 3.8) is 0 Å². The maximum atomic E-state index is 13.6. The highest BCUT2D eigenvalue weighted by Crippen LogP contribution is 2.40. The van der Waals surface area contributed by atoms with E-state index in [2.05, 4.69) is 25.2 Å². The van der Waals surface area contributed by atoms with E-state index in [-0.39, 0.29) is 28.5 Å². The third kappa shape index (κ3) is 12.5. The van der Waals surface area contributed by atoms with Crippen molar-refractivity contribution in [2.24, 2.45) is 0 Å². The quantitative estimate of drug-likeness (QED) is 0.0785. The number of hydrogen-bond acceptors (Lipinski definition) is 11. The number of carbonyl (C=O) groups excluding carboxylic acids is 3. The maximum absolute atomic E-state index is 13.6. The second-order valence-corrected chi connectivity index (χ2v) is 19.0. The van der Waals surface area contributed by atoms with Gasteiger partial charge in [-0.2, -0.15) is 0 Å². The molecule has 64 heavy (non-hydrogen) atoms. The molecule has 15 nitrogen and oxygen atoms in total. The van der Waals surface area contributed by atoms with Crippen molar-refractivity contribution in [2.75, 3.05) is 89.2 Å². The summed E-state index contributed by atoms with van der Waals surface area (Å²) in [6, 6.07) is 23.3. The van der Waals surface area contributed by atoms with Crippen molar-refractivity contribution in [1.29, 1.82) is 0 Å². The lowest BCUT2D eigenvalue weighted by molar-refractivity contribution is -0.133. The topological polar surface area (TPSA) is 172 Å². The molecule has 1 aliphatic heterocycles. The number of pyridine rings is 1. The Morgan fingerprint density at radius 1 is 0.812 bits per heavy atom. The number of Topliss-reactive ketones (excluding diaryl/α,β-unsaturated/α-hetero) is 1. The molecular formula is C48H59N7O8S. The number of sulfonamides is 1. The van der Waals surface area contributed by atoms with Gasteiger partial charge < -0.3 is 34.6 Å². The Kier molecular flexibility index (Phi) is 15.1. The van der Waals surface area contributed by atoms with E-state index in [4.69, 9.17) is 14.2 Å². The Labute approximate surface area is 376 Å². The van der Waals surface area contributed by atoms with E-state index >= 15 is 0 Å². The Morgan fingerprint density at radius 2 is 1.52 bits per heavy atom. The van der Waals surface area contributed by atoms with Gasteiger partial charge in [0, 0.05) is 67.8 Å². The van der Waals surface area contributed by atoms with Crippen LogP contribution in [0.5, 0.6) is 23.0 Å². The first kappa shape index (κ1) is 47.3. The summed E-state index contributed by atoms with van der Waals surface area (Å²) < 4.78 is 44.6. The standard InChI is InChI=1S/C48H59N7O8S/c1-48(2,3)33-28-40(46(62-7)41(29-33)52-64(8,59)60)51-47(58)50-39-17-18-43(37-13-10-9-12-36(37)39)63-35-19-20-49-34(30-35)26-32-15-16-38(44(27-32)61-6)42(56)14-11-21-54-22-24-55(25-23-54)45(57)31-53(4)5/h9-10,12-13,15-20,27-30,52H,11,14,21-26,31H2,1-8H3,(H2,50,51,58). The number of anilines is 3. The van der Waals surface area contributed by atoms with Gasteiger partial charge in [0.05, 0.1) is 49.6 Å². The summed E-state index contributed by atoms with van der Waals surface area (Å²) in [7, 11) is 3.12. The third-order valence-corrected chi connectivity index (χ3v) is 11.4. The minimum Gasteiger partial charge on any atom is -0.496 e. The first-order valence-electron chi connectivity index (χ1n) is 21.2. The number of nitrogens with one attached hydrogen (secondary N) is 3. The summed E-state index contributed by atoms with van der Waals surface area (Å²) in [5.41, 5.74) is 3.66. The number of hydrogen-bond donors (Lipinski definition) is 3. The zero-order valence-electron chi connectivity index (χ0n) is 37.9. The third-order valence-electron chi connectivity index (χ3n) is 10.9. The van der Waals surface area contributed by atoms with Gasteiger partial charge in [-0.3, -0.25) is 24.2 Å². The average Bonchev–Trinajstić information content (AvgIpc) is 3.23. The number of benzene rings is 4. The molecule has 0 bridgehead atoms. The largest absolute Gasteiger partial charge is 0.496 e. The SMILES string of the molecule is COc1cc(Cc2cc(Oc3ccc(NC(=O)Nc4cc(C(C)(C)C)cc(NS(C)(=O)=O)c4OC)c4ccccc34)ccn2)ccc1C(=O)CCCN1CCN(C(=O)CN(C)C)CC1. The predicted octanol–water partition coefficient (Wildman–Crippen LogP) is 7.62. The van der Waals surface area contributed by atoms with Gasteiger partial charge in [-0.15, -0.1) is 0 Å². The van der Waals surface area contributed by atoms with Crippen molar-refractivity contribution in [1.82, 2.24) is 19.7 Å². The molecule has 0 aliphatic carbocycles. The number of urea groups is 1. The zero-order valence-corrected chi connectivity index (χ0v) is 38.7. The Bertz CT molecular complexity index is 2600. The fraction of sp³-hybridized carbons (Fsp3) is 0.375. The number of nitrogens with zero attached hydrogens (tertiary/aromatic N) is 4. The number of carbonyl (C=O) groups is 3. The molecule has 4 aromatic carbocycles. The normalized spacial score (nSPS) is 13.4. The molecule has 0 spiro atoms. The molecule has 3 N–H and O–H groups in total. The van der Waals surface area contributed by atoms with Crippen LogP contribution < -0.4 is 29.6 Å². The van der Waals surface area contributed by atoms with E-state index in [0.29, 0.717) is 73.1 Å². The summed E-state index contributed by atoms with van der Waals surface area (Å²) in [6.45, 7) is 10.2. The predicted molar refractivity (Wildman–Crippen MR) is 252 cm³/mol. The number of fused-ring (bicyclic) bond motifs is 1. The lowest BCUT2D eigenvalue weighted by Crippen LogP contribution is -2.50. The van der Waals surface area contributed by atoms with Gasteiger partial charge >= 0.3 is 6.03 Å². The zero-order chi connectivity index (χ0) is 46.2. The molecule has 1 aliphatic rings. The smallest absolute Gasteiger partial charge is 0.323 e. The van der Waals surface area contributed by atoms with Gasteiger partial charge in [0.1, 0.15) is 17.2 Å². The maximum Gasteiger partial charge on any atom is 0.323 e. The van der Waals surface area contributed by atoms with Crippen molar-refractivity contribution in [2.45, 2.75) is 45.4 Å². The van der Waals surface area contributed by atoms with E-state index in [1.165, 1.54) is 7.11 Å². The van der Waals surface area contributed by atoms with Crippen LogP contribution in [0.2, 0.25) is 0 Å². The number of aromatic nitrogens is 1. The van der Waals surface area contributed by atoms with Crippen LogP contribution in [0.25, 0.3) is 10.8 Å². The lowest BCUT2D eigenvalue weighted by Gasteiger charge is -2.35. The van der Waals surface area contributed by atoms with Crippen molar-refractivity contribution < 1.29 is 37.0 Å². The van der Waals surface area contributed by atoms with Gasteiger partial charge in [-0.1, -0.05) is 51.1 Å².